The van der Waals surface area contributed by atoms with Crippen LogP contribution in [0.25, 0.3) is 0 Å². The lowest BCUT2D eigenvalue weighted by molar-refractivity contribution is 0.0881. The molecule has 3 rings (SSSR count). The zero-order chi connectivity index (χ0) is 15.0. The van der Waals surface area contributed by atoms with E-state index in [4.69, 9.17) is 5.26 Å². The van der Waals surface area contributed by atoms with Crippen molar-refractivity contribution in [3.63, 3.8) is 0 Å². The molecule has 4 nitrogen and oxygen atoms in total. The highest BCUT2D eigenvalue weighted by molar-refractivity contribution is 5.33. The van der Waals surface area contributed by atoms with Crippen LogP contribution in [0.1, 0.15) is 28.6 Å². The Kier molecular flexibility index (Phi) is 3.48. The van der Waals surface area contributed by atoms with E-state index in [1.165, 1.54) is 12.1 Å². The first-order valence-corrected chi connectivity index (χ1v) is 7.00. The fourth-order valence-corrected chi connectivity index (χ4v) is 2.85. The van der Waals surface area contributed by atoms with Gasteiger partial charge in [-0.2, -0.15) is 10.4 Å². The number of halogens is 1. The van der Waals surface area contributed by atoms with Crippen molar-refractivity contribution < 1.29 is 4.39 Å². The molecule has 0 bridgehead atoms. The Hall–Kier alpha value is -2.19. The summed E-state index contributed by atoms with van der Waals surface area (Å²) in [4.78, 5) is 2.17. The molecular weight excluding hydrogens is 267 g/mol. The van der Waals surface area contributed by atoms with Crippen LogP contribution < -0.4 is 0 Å². The molecule has 0 saturated carbocycles. The van der Waals surface area contributed by atoms with Crippen LogP contribution in [0, 0.1) is 31.0 Å². The van der Waals surface area contributed by atoms with Gasteiger partial charge in [-0.1, -0.05) is 0 Å². The van der Waals surface area contributed by atoms with Gasteiger partial charge in [0.1, 0.15) is 5.82 Å². The molecule has 108 valence electrons. The molecule has 0 atom stereocenters. The second-order valence-electron chi connectivity index (χ2n) is 5.64. The summed E-state index contributed by atoms with van der Waals surface area (Å²) in [5, 5.41) is 13.4. The number of aromatic nitrogens is 2. The first-order valence-electron chi connectivity index (χ1n) is 7.00. The maximum Gasteiger partial charge on any atom is 0.127 e. The normalized spacial score (nSPS) is 15.7. The Morgan fingerprint density at radius 3 is 2.71 bits per heavy atom. The van der Waals surface area contributed by atoms with Gasteiger partial charge in [0.15, 0.2) is 0 Å². The molecule has 2 aromatic rings. The van der Waals surface area contributed by atoms with Gasteiger partial charge in [0, 0.05) is 30.9 Å². The van der Waals surface area contributed by atoms with Gasteiger partial charge >= 0.3 is 0 Å². The van der Waals surface area contributed by atoms with E-state index in [1.54, 1.807) is 6.07 Å². The molecule has 1 saturated heterocycles. The monoisotopic (exact) mass is 284 g/mol. The van der Waals surface area contributed by atoms with Gasteiger partial charge in [0.2, 0.25) is 0 Å². The molecule has 0 N–H and O–H groups in total. The molecule has 1 aliphatic heterocycles. The Morgan fingerprint density at radius 2 is 2.10 bits per heavy atom. The lowest BCUT2D eigenvalue weighted by atomic mass is 10.1. The maximum atomic E-state index is 13.8. The molecule has 1 aromatic heterocycles. The highest BCUT2D eigenvalue weighted by Crippen LogP contribution is 2.25. The summed E-state index contributed by atoms with van der Waals surface area (Å²) in [5.41, 5.74) is 3.27. The molecule has 0 spiro atoms. The fraction of sp³-hybridized carbons (Fsp3) is 0.375. The maximum absolute atomic E-state index is 13.8. The second-order valence-corrected chi connectivity index (χ2v) is 5.64. The van der Waals surface area contributed by atoms with Gasteiger partial charge in [-0.3, -0.25) is 9.58 Å². The smallest absolute Gasteiger partial charge is 0.127 e. The molecule has 0 unspecified atom stereocenters. The van der Waals surface area contributed by atoms with E-state index in [0.29, 0.717) is 23.7 Å². The van der Waals surface area contributed by atoms with Gasteiger partial charge in [0.05, 0.1) is 23.4 Å². The molecule has 0 aliphatic carbocycles. The molecule has 1 aliphatic rings. The van der Waals surface area contributed by atoms with Crippen LogP contribution in [0.2, 0.25) is 0 Å². The molecule has 21 heavy (non-hydrogen) atoms. The number of hydrogen-bond donors (Lipinski definition) is 0. The van der Waals surface area contributed by atoms with Crippen molar-refractivity contribution in [3.05, 3.63) is 52.6 Å². The van der Waals surface area contributed by atoms with Gasteiger partial charge in [-0.15, -0.1) is 0 Å². The SMILES string of the molecule is Cc1cc(C)n(C2CN(Cc3cc(C#N)ccc3F)C2)n1. The standard InChI is InChI=1S/C16H17FN4/c1-11-5-12(2)21(19-11)15-9-20(10-15)8-14-6-13(7-18)3-4-16(14)17/h3-6,15H,8-10H2,1-2H3. The zero-order valence-electron chi connectivity index (χ0n) is 12.2. The highest BCUT2D eigenvalue weighted by Gasteiger charge is 2.30. The number of benzene rings is 1. The van der Waals surface area contributed by atoms with Gasteiger partial charge in [-0.25, -0.2) is 4.39 Å². The first kappa shape index (κ1) is 13.8. The predicted octanol–water partition coefficient (Wildman–Crippen LogP) is 2.57. The van der Waals surface area contributed by atoms with Crippen LogP contribution in [0.15, 0.2) is 24.3 Å². The summed E-state index contributed by atoms with van der Waals surface area (Å²) in [5.74, 6) is -0.247. The summed E-state index contributed by atoms with van der Waals surface area (Å²) in [6.45, 7) is 6.30. The van der Waals surface area contributed by atoms with Crippen molar-refractivity contribution in [1.29, 1.82) is 5.26 Å². The van der Waals surface area contributed by atoms with Crippen molar-refractivity contribution in [2.24, 2.45) is 0 Å². The third-order valence-corrected chi connectivity index (χ3v) is 3.90. The number of aryl methyl sites for hydroxylation is 2. The van der Waals surface area contributed by atoms with Gasteiger partial charge < -0.3 is 0 Å². The van der Waals surface area contributed by atoms with E-state index in [2.05, 4.69) is 23.0 Å². The van der Waals surface area contributed by atoms with Crippen molar-refractivity contribution in [1.82, 2.24) is 14.7 Å². The van der Waals surface area contributed by atoms with Crippen molar-refractivity contribution in [2.45, 2.75) is 26.4 Å². The summed E-state index contributed by atoms with van der Waals surface area (Å²) in [6.07, 6.45) is 0. The average Bonchev–Trinajstić information content (AvgIpc) is 2.74. The fourth-order valence-electron chi connectivity index (χ4n) is 2.85. The van der Waals surface area contributed by atoms with Crippen LogP contribution in [-0.2, 0) is 6.54 Å². The van der Waals surface area contributed by atoms with Gasteiger partial charge in [-0.05, 0) is 38.1 Å². The van der Waals surface area contributed by atoms with E-state index >= 15 is 0 Å². The minimum atomic E-state index is -0.247. The van der Waals surface area contributed by atoms with Gasteiger partial charge in [0.25, 0.3) is 0 Å². The van der Waals surface area contributed by atoms with Crippen molar-refractivity contribution in [3.8, 4) is 6.07 Å². The van der Waals surface area contributed by atoms with Crippen LogP contribution in [0.3, 0.4) is 0 Å². The Bertz CT molecular complexity index is 708. The summed E-state index contributed by atoms with van der Waals surface area (Å²) in [7, 11) is 0. The first-order chi connectivity index (χ1) is 10.1. The number of hydrogen-bond acceptors (Lipinski definition) is 3. The van der Waals surface area contributed by atoms with E-state index in [1.807, 2.05) is 17.7 Å². The lowest BCUT2D eigenvalue weighted by Crippen LogP contribution is -2.47. The Balaban J connectivity index is 1.65. The number of nitriles is 1. The predicted molar refractivity (Wildman–Crippen MR) is 77.1 cm³/mol. The van der Waals surface area contributed by atoms with Crippen LogP contribution in [0.5, 0.6) is 0 Å². The van der Waals surface area contributed by atoms with Crippen LogP contribution >= 0.6 is 0 Å². The second kappa shape index (κ2) is 5.30. The highest BCUT2D eigenvalue weighted by atomic mass is 19.1. The van der Waals surface area contributed by atoms with Crippen molar-refractivity contribution >= 4 is 0 Å². The zero-order valence-corrected chi connectivity index (χ0v) is 12.2. The Morgan fingerprint density at radius 1 is 1.33 bits per heavy atom. The van der Waals surface area contributed by atoms with E-state index < -0.39 is 0 Å². The molecule has 1 fully saturated rings. The molecular formula is C16H17FN4. The third-order valence-electron chi connectivity index (χ3n) is 3.90. The summed E-state index contributed by atoms with van der Waals surface area (Å²) >= 11 is 0. The lowest BCUT2D eigenvalue weighted by Gasteiger charge is -2.39. The van der Waals surface area contributed by atoms with E-state index in [9.17, 15) is 4.39 Å². The average molecular weight is 284 g/mol. The number of nitrogens with zero attached hydrogens (tertiary/aromatic N) is 4. The third kappa shape index (κ3) is 2.67. The molecule has 0 radical (unpaired) electrons. The molecule has 0 amide bonds. The quantitative estimate of drug-likeness (QED) is 0.870. The summed E-state index contributed by atoms with van der Waals surface area (Å²) in [6, 6.07) is 8.99. The minimum Gasteiger partial charge on any atom is -0.295 e. The molecule has 1 aromatic carbocycles. The summed E-state index contributed by atoms with van der Waals surface area (Å²) < 4.78 is 15.8. The number of rotatable bonds is 3. The van der Waals surface area contributed by atoms with Crippen molar-refractivity contribution in [2.75, 3.05) is 13.1 Å². The minimum absolute atomic E-state index is 0.247. The topological polar surface area (TPSA) is 44.9 Å². The molecule has 2 heterocycles. The van der Waals surface area contributed by atoms with Crippen LogP contribution in [-0.4, -0.2) is 27.8 Å². The molecule has 5 heteroatoms. The van der Waals surface area contributed by atoms with Crippen LogP contribution in [0.4, 0.5) is 4.39 Å². The Labute approximate surface area is 123 Å². The number of likely N-dealkylation sites (tertiary alicyclic amines) is 1. The largest absolute Gasteiger partial charge is 0.295 e. The van der Waals surface area contributed by atoms with E-state index in [0.717, 1.165) is 24.5 Å². The van der Waals surface area contributed by atoms with E-state index in [-0.39, 0.29) is 5.82 Å².